The zero-order valence-corrected chi connectivity index (χ0v) is 11.9. The van der Waals surface area contributed by atoms with Crippen molar-refractivity contribution in [3.63, 3.8) is 0 Å². The first-order valence-corrected chi connectivity index (χ1v) is 7.59. The molecule has 0 radical (unpaired) electrons. The van der Waals surface area contributed by atoms with Crippen molar-refractivity contribution < 1.29 is 15.0 Å². The van der Waals surface area contributed by atoms with E-state index in [1.807, 2.05) is 0 Å². The summed E-state index contributed by atoms with van der Waals surface area (Å²) >= 11 is 0. The molecule has 0 aromatic carbocycles. The summed E-state index contributed by atoms with van der Waals surface area (Å²) in [6.07, 6.45) is 12.9. The first kappa shape index (κ1) is 17.4. The van der Waals surface area contributed by atoms with Crippen LogP contribution in [0.15, 0.2) is 0 Å². The van der Waals surface area contributed by atoms with Gasteiger partial charge in [0, 0.05) is 0 Å². The van der Waals surface area contributed by atoms with Crippen molar-refractivity contribution in [1.82, 2.24) is 0 Å². The Morgan fingerprint density at radius 3 is 1.61 bits per heavy atom. The maximum absolute atomic E-state index is 10.4. The third-order valence-electron chi connectivity index (χ3n) is 3.37. The van der Waals surface area contributed by atoms with Gasteiger partial charge in [-0.1, -0.05) is 77.6 Å². The average molecular weight is 258 g/mol. The summed E-state index contributed by atoms with van der Waals surface area (Å²) in [5.41, 5.74) is 0. The fourth-order valence-electron chi connectivity index (χ4n) is 2.13. The number of hydrogen-bond donors (Lipinski definition) is 2. The Bertz CT molecular complexity index is 192. The second-order valence-corrected chi connectivity index (χ2v) is 5.18. The first-order valence-electron chi connectivity index (χ1n) is 7.59. The number of rotatable bonds is 13. The van der Waals surface area contributed by atoms with Crippen LogP contribution in [0.2, 0.25) is 0 Å². The number of aliphatic hydroxyl groups excluding tert-OH is 1. The van der Waals surface area contributed by atoms with Gasteiger partial charge in [0.1, 0.15) is 0 Å². The number of unbranched alkanes of at least 4 members (excludes halogenated alkanes) is 10. The van der Waals surface area contributed by atoms with Gasteiger partial charge in [-0.05, 0) is 6.42 Å². The molecule has 3 heteroatoms. The van der Waals surface area contributed by atoms with Crippen LogP contribution in [0, 0.1) is 0 Å². The van der Waals surface area contributed by atoms with Gasteiger partial charge in [-0.15, -0.1) is 0 Å². The Morgan fingerprint density at radius 2 is 1.22 bits per heavy atom. The van der Waals surface area contributed by atoms with E-state index in [4.69, 9.17) is 10.2 Å². The number of carboxylic acid groups (broad SMARTS) is 1. The predicted molar refractivity (Wildman–Crippen MR) is 74.7 cm³/mol. The molecule has 0 aliphatic rings. The molecule has 0 fully saturated rings. The van der Waals surface area contributed by atoms with E-state index in [0.717, 1.165) is 12.8 Å². The average Bonchev–Trinajstić information content (AvgIpc) is 2.35. The molecule has 108 valence electrons. The van der Waals surface area contributed by atoms with Crippen molar-refractivity contribution in [3.8, 4) is 0 Å². The predicted octanol–water partition coefficient (Wildman–Crippen LogP) is 4.13. The molecular formula is C15H30O3. The summed E-state index contributed by atoms with van der Waals surface area (Å²) in [6.45, 7) is 2.24. The molecule has 0 bridgehead atoms. The van der Waals surface area contributed by atoms with E-state index >= 15 is 0 Å². The minimum atomic E-state index is -1.16. The number of hydrogen-bond acceptors (Lipinski definition) is 2. The van der Waals surface area contributed by atoms with E-state index in [9.17, 15) is 4.79 Å². The van der Waals surface area contributed by atoms with E-state index in [1.54, 1.807) is 0 Å². The zero-order chi connectivity index (χ0) is 13.6. The van der Waals surface area contributed by atoms with Gasteiger partial charge < -0.3 is 10.2 Å². The fourth-order valence-corrected chi connectivity index (χ4v) is 2.13. The van der Waals surface area contributed by atoms with Crippen molar-refractivity contribution in [2.75, 3.05) is 0 Å². The Labute approximate surface area is 112 Å². The van der Waals surface area contributed by atoms with Crippen molar-refractivity contribution >= 4 is 5.97 Å². The zero-order valence-electron chi connectivity index (χ0n) is 11.9. The van der Waals surface area contributed by atoms with Crippen molar-refractivity contribution in [2.45, 2.75) is 90.1 Å². The van der Waals surface area contributed by atoms with Gasteiger partial charge in [0.05, 0.1) is 0 Å². The maximum Gasteiger partial charge on any atom is 0.332 e. The van der Waals surface area contributed by atoms with Crippen molar-refractivity contribution in [3.05, 3.63) is 0 Å². The molecule has 0 saturated carbocycles. The Hall–Kier alpha value is -0.570. The fraction of sp³-hybridized carbons (Fsp3) is 0.933. The van der Waals surface area contributed by atoms with E-state index in [-0.39, 0.29) is 0 Å². The largest absolute Gasteiger partial charge is 0.479 e. The van der Waals surface area contributed by atoms with E-state index in [2.05, 4.69) is 6.92 Å². The molecule has 0 heterocycles. The van der Waals surface area contributed by atoms with Crippen molar-refractivity contribution in [2.24, 2.45) is 0 Å². The second kappa shape index (κ2) is 12.9. The van der Waals surface area contributed by atoms with Gasteiger partial charge in [-0.25, -0.2) is 4.79 Å². The summed E-state index contributed by atoms with van der Waals surface area (Å²) in [5.74, 6) is -1.10. The Kier molecular flexibility index (Phi) is 12.5. The number of aliphatic hydroxyl groups is 1. The van der Waals surface area contributed by atoms with Gasteiger partial charge in [-0.2, -0.15) is 0 Å². The molecule has 0 aromatic rings. The summed E-state index contributed by atoms with van der Waals surface area (Å²) in [6, 6.07) is 0. The summed E-state index contributed by atoms with van der Waals surface area (Å²) < 4.78 is 0. The SMILES string of the molecule is CCCCCCCCCCCCCC(O)C(=O)O. The standard InChI is InChI=1S/C15H30O3/c1-2-3-4-5-6-7-8-9-10-11-12-13-14(16)15(17)18/h14,16H,2-13H2,1H3,(H,17,18). The Morgan fingerprint density at radius 1 is 0.833 bits per heavy atom. The summed E-state index contributed by atoms with van der Waals surface area (Å²) in [4.78, 5) is 10.4. The van der Waals surface area contributed by atoms with Crippen LogP contribution < -0.4 is 0 Å². The van der Waals surface area contributed by atoms with Crippen LogP contribution in [0.5, 0.6) is 0 Å². The van der Waals surface area contributed by atoms with Gasteiger partial charge in [0.15, 0.2) is 6.10 Å². The monoisotopic (exact) mass is 258 g/mol. The minimum absolute atomic E-state index is 0.395. The molecule has 18 heavy (non-hydrogen) atoms. The lowest BCUT2D eigenvalue weighted by Crippen LogP contribution is -2.18. The van der Waals surface area contributed by atoms with E-state index in [0.29, 0.717) is 6.42 Å². The van der Waals surface area contributed by atoms with Crippen LogP contribution in [-0.4, -0.2) is 22.3 Å². The lowest BCUT2D eigenvalue weighted by molar-refractivity contribution is -0.146. The topological polar surface area (TPSA) is 57.5 Å². The molecule has 3 nitrogen and oxygen atoms in total. The molecule has 0 spiro atoms. The first-order chi connectivity index (χ1) is 8.68. The molecule has 0 aliphatic carbocycles. The molecule has 0 aromatic heterocycles. The summed E-state index contributed by atoms with van der Waals surface area (Å²) in [7, 11) is 0. The number of aliphatic carboxylic acids is 1. The number of carboxylic acids is 1. The molecule has 1 unspecified atom stereocenters. The van der Waals surface area contributed by atoms with E-state index in [1.165, 1.54) is 57.8 Å². The summed E-state index contributed by atoms with van der Waals surface area (Å²) in [5, 5.41) is 17.6. The van der Waals surface area contributed by atoms with Gasteiger partial charge in [0.25, 0.3) is 0 Å². The maximum atomic E-state index is 10.4. The van der Waals surface area contributed by atoms with Crippen molar-refractivity contribution in [1.29, 1.82) is 0 Å². The Balaban J connectivity index is 3.05. The lowest BCUT2D eigenvalue weighted by atomic mass is 10.0. The molecule has 0 amide bonds. The third kappa shape index (κ3) is 11.9. The van der Waals surface area contributed by atoms with Gasteiger partial charge in [-0.3, -0.25) is 0 Å². The van der Waals surface area contributed by atoms with Crippen LogP contribution in [0.1, 0.15) is 84.0 Å². The molecule has 0 saturated heterocycles. The van der Waals surface area contributed by atoms with E-state index < -0.39 is 12.1 Å². The van der Waals surface area contributed by atoms with Crippen LogP contribution in [0.25, 0.3) is 0 Å². The normalized spacial score (nSPS) is 12.6. The highest BCUT2D eigenvalue weighted by Gasteiger charge is 2.11. The highest BCUT2D eigenvalue weighted by molar-refractivity contribution is 5.71. The van der Waals surface area contributed by atoms with Crippen LogP contribution >= 0.6 is 0 Å². The molecule has 0 rings (SSSR count). The quantitative estimate of drug-likeness (QED) is 0.488. The van der Waals surface area contributed by atoms with Gasteiger partial charge >= 0.3 is 5.97 Å². The highest BCUT2D eigenvalue weighted by atomic mass is 16.4. The van der Waals surface area contributed by atoms with Crippen LogP contribution in [0.3, 0.4) is 0 Å². The highest BCUT2D eigenvalue weighted by Crippen LogP contribution is 2.12. The molecule has 1 atom stereocenters. The smallest absolute Gasteiger partial charge is 0.332 e. The molecular weight excluding hydrogens is 228 g/mol. The van der Waals surface area contributed by atoms with Crippen LogP contribution in [-0.2, 0) is 4.79 Å². The number of carbonyl (C=O) groups is 1. The second-order valence-electron chi connectivity index (χ2n) is 5.18. The minimum Gasteiger partial charge on any atom is -0.479 e. The van der Waals surface area contributed by atoms with Gasteiger partial charge in [0.2, 0.25) is 0 Å². The molecule has 2 N–H and O–H groups in total. The van der Waals surface area contributed by atoms with Crippen LogP contribution in [0.4, 0.5) is 0 Å². The lowest BCUT2D eigenvalue weighted by Gasteiger charge is -2.05. The molecule has 0 aliphatic heterocycles. The third-order valence-corrected chi connectivity index (χ3v) is 3.37.